The Kier molecular flexibility index (Phi) is 2.97. The van der Waals surface area contributed by atoms with Gasteiger partial charge in [0.25, 0.3) is 5.91 Å². The standard InChI is InChI=1S/C15H15FN4O2/c16-10-2-1-3-11(6-10)20-14(9-4-5-9)13(17-18-20)15(22)19-7-12(21)8-19/h1-3,6,9,12,21H,4-5,7-8H2. The fourth-order valence-corrected chi connectivity index (χ4v) is 2.73. The zero-order valence-electron chi connectivity index (χ0n) is 11.8. The number of likely N-dealkylation sites (tertiary alicyclic amines) is 1. The lowest BCUT2D eigenvalue weighted by Crippen LogP contribution is -2.53. The summed E-state index contributed by atoms with van der Waals surface area (Å²) in [5.74, 6) is -0.327. The van der Waals surface area contributed by atoms with Crippen molar-refractivity contribution in [1.29, 1.82) is 0 Å². The summed E-state index contributed by atoms with van der Waals surface area (Å²) in [6, 6.07) is 6.09. The van der Waals surface area contributed by atoms with Crippen molar-refractivity contribution in [2.24, 2.45) is 0 Å². The topological polar surface area (TPSA) is 71.2 Å². The Balaban J connectivity index is 1.73. The third kappa shape index (κ3) is 2.18. The maximum Gasteiger partial charge on any atom is 0.276 e. The van der Waals surface area contributed by atoms with Crippen molar-refractivity contribution in [3.63, 3.8) is 0 Å². The highest BCUT2D eigenvalue weighted by Gasteiger charge is 2.38. The lowest BCUT2D eigenvalue weighted by atomic mass is 10.1. The van der Waals surface area contributed by atoms with Gasteiger partial charge in [-0.25, -0.2) is 9.07 Å². The zero-order valence-corrected chi connectivity index (χ0v) is 11.8. The lowest BCUT2D eigenvalue weighted by Gasteiger charge is -2.35. The van der Waals surface area contributed by atoms with E-state index >= 15 is 0 Å². The van der Waals surface area contributed by atoms with Crippen molar-refractivity contribution in [2.45, 2.75) is 24.9 Å². The van der Waals surface area contributed by atoms with E-state index in [4.69, 9.17) is 0 Å². The van der Waals surface area contributed by atoms with Gasteiger partial charge in [0.05, 0.1) is 17.5 Å². The number of amides is 1. The Bertz CT molecular complexity index is 735. The highest BCUT2D eigenvalue weighted by molar-refractivity contribution is 5.94. The van der Waals surface area contributed by atoms with Gasteiger partial charge in [-0.1, -0.05) is 11.3 Å². The largest absolute Gasteiger partial charge is 0.389 e. The van der Waals surface area contributed by atoms with Gasteiger partial charge in [0, 0.05) is 19.0 Å². The molecule has 114 valence electrons. The monoisotopic (exact) mass is 302 g/mol. The van der Waals surface area contributed by atoms with Crippen molar-refractivity contribution in [3.8, 4) is 5.69 Å². The van der Waals surface area contributed by atoms with E-state index in [2.05, 4.69) is 10.3 Å². The molecule has 1 aliphatic heterocycles. The molecule has 6 nitrogen and oxygen atoms in total. The second-order valence-corrected chi connectivity index (χ2v) is 5.85. The van der Waals surface area contributed by atoms with E-state index < -0.39 is 6.10 Å². The molecule has 4 rings (SSSR count). The maximum absolute atomic E-state index is 13.4. The Hall–Kier alpha value is -2.28. The first-order valence-corrected chi connectivity index (χ1v) is 7.32. The van der Waals surface area contributed by atoms with Crippen molar-refractivity contribution in [3.05, 3.63) is 41.5 Å². The minimum atomic E-state index is -0.452. The van der Waals surface area contributed by atoms with E-state index in [1.165, 1.54) is 12.1 Å². The van der Waals surface area contributed by atoms with E-state index in [1.54, 1.807) is 21.7 Å². The molecule has 2 heterocycles. The molecule has 2 aliphatic rings. The summed E-state index contributed by atoms with van der Waals surface area (Å²) in [7, 11) is 0. The fraction of sp³-hybridized carbons (Fsp3) is 0.400. The molecule has 1 aliphatic carbocycles. The van der Waals surface area contributed by atoms with Gasteiger partial charge >= 0.3 is 0 Å². The van der Waals surface area contributed by atoms with Crippen LogP contribution in [0.3, 0.4) is 0 Å². The Morgan fingerprint density at radius 1 is 1.32 bits per heavy atom. The molecule has 22 heavy (non-hydrogen) atoms. The van der Waals surface area contributed by atoms with Crippen LogP contribution < -0.4 is 0 Å². The molecule has 1 aromatic carbocycles. The molecule has 7 heteroatoms. The number of hydrogen-bond donors (Lipinski definition) is 1. The minimum Gasteiger partial charge on any atom is -0.389 e. The van der Waals surface area contributed by atoms with Crippen LogP contribution in [0.5, 0.6) is 0 Å². The molecular weight excluding hydrogens is 287 g/mol. The third-order valence-electron chi connectivity index (χ3n) is 4.07. The molecule has 0 radical (unpaired) electrons. The van der Waals surface area contributed by atoms with E-state index in [-0.39, 0.29) is 17.6 Å². The van der Waals surface area contributed by atoms with Gasteiger partial charge in [-0.2, -0.15) is 0 Å². The number of aliphatic hydroxyl groups is 1. The number of benzene rings is 1. The van der Waals surface area contributed by atoms with Crippen molar-refractivity contribution >= 4 is 5.91 Å². The van der Waals surface area contributed by atoms with Crippen molar-refractivity contribution in [1.82, 2.24) is 19.9 Å². The molecule has 0 unspecified atom stereocenters. The van der Waals surface area contributed by atoms with E-state index in [1.807, 2.05) is 0 Å². The van der Waals surface area contributed by atoms with Crippen LogP contribution in [0.25, 0.3) is 5.69 Å². The number of nitrogens with zero attached hydrogens (tertiary/aromatic N) is 4. The van der Waals surface area contributed by atoms with Gasteiger partial charge in [-0.3, -0.25) is 4.79 Å². The number of aromatic nitrogens is 3. The molecule has 1 aromatic heterocycles. The van der Waals surface area contributed by atoms with Crippen molar-refractivity contribution in [2.75, 3.05) is 13.1 Å². The number of aliphatic hydroxyl groups excluding tert-OH is 1. The Morgan fingerprint density at radius 3 is 2.73 bits per heavy atom. The van der Waals surface area contributed by atoms with Gasteiger partial charge < -0.3 is 10.0 Å². The van der Waals surface area contributed by atoms with Gasteiger partial charge in [0.1, 0.15) is 5.82 Å². The number of halogens is 1. The quantitative estimate of drug-likeness (QED) is 0.921. The maximum atomic E-state index is 13.4. The summed E-state index contributed by atoms with van der Waals surface area (Å²) in [5, 5.41) is 17.4. The SMILES string of the molecule is O=C(c1nnn(-c2cccc(F)c2)c1C1CC1)N1CC(O)C1. The molecule has 0 bridgehead atoms. The highest BCUT2D eigenvalue weighted by atomic mass is 19.1. The van der Waals surface area contributed by atoms with Crippen LogP contribution in [0.1, 0.15) is 34.9 Å². The van der Waals surface area contributed by atoms with Gasteiger partial charge in [-0.05, 0) is 31.0 Å². The summed E-state index contributed by atoms with van der Waals surface area (Å²) >= 11 is 0. The predicted molar refractivity (Wildman–Crippen MR) is 75.2 cm³/mol. The molecule has 2 fully saturated rings. The number of rotatable bonds is 3. The summed E-state index contributed by atoms with van der Waals surface area (Å²) in [5.41, 5.74) is 1.63. The first-order valence-electron chi connectivity index (χ1n) is 7.32. The van der Waals surface area contributed by atoms with Crippen molar-refractivity contribution < 1.29 is 14.3 Å². The first-order chi connectivity index (χ1) is 10.6. The Labute approximate surface area is 126 Å². The first kappa shape index (κ1) is 13.4. The molecule has 1 saturated carbocycles. The van der Waals surface area contributed by atoms with Crippen LogP contribution in [0.4, 0.5) is 4.39 Å². The summed E-state index contributed by atoms with van der Waals surface area (Å²) in [4.78, 5) is 14.0. The number of β-amino-alcohol motifs (C(OH)–C–C–N with tert-alkyl or cyclic N) is 1. The summed E-state index contributed by atoms with van der Waals surface area (Å²) in [6.07, 6.45) is 1.50. The molecular formula is C15H15FN4O2. The average Bonchev–Trinajstić information content (AvgIpc) is 3.21. The van der Waals surface area contributed by atoms with E-state index in [9.17, 15) is 14.3 Å². The third-order valence-corrected chi connectivity index (χ3v) is 4.07. The number of carbonyl (C=O) groups excluding carboxylic acids is 1. The lowest BCUT2D eigenvalue weighted by molar-refractivity contribution is 0.00541. The minimum absolute atomic E-state index is 0.213. The smallest absolute Gasteiger partial charge is 0.276 e. The highest BCUT2D eigenvalue weighted by Crippen LogP contribution is 2.42. The Morgan fingerprint density at radius 2 is 2.09 bits per heavy atom. The fourth-order valence-electron chi connectivity index (χ4n) is 2.73. The van der Waals surface area contributed by atoms with Gasteiger partial charge in [0.2, 0.25) is 0 Å². The number of carbonyl (C=O) groups is 1. The second-order valence-electron chi connectivity index (χ2n) is 5.85. The zero-order chi connectivity index (χ0) is 15.3. The molecule has 2 aromatic rings. The molecule has 0 spiro atoms. The van der Waals surface area contributed by atoms with E-state index in [0.29, 0.717) is 24.5 Å². The van der Waals surface area contributed by atoms with Gasteiger partial charge in [-0.15, -0.1) is 5.10 Å². The van der Waals surface area contributed by atoms with Crippen LogP contribution in [0, 0.1) is 5.82 Å². The second kappa shape index (κ2) is 4.88. The molecule has 1 saturated heterocycles. The average molecular weight is 302 g/mol. The van der Waals surface area contributed by atoms with E-state index in [0.717, 1.165) is 18.5 Å². The van der Waals surface area contributed by atoms with Crippen LogP contribution in [-0.2, 0) is 0 Å². The molecule has 1 N–H and O–H groups in total. The van der Waals surface area contributed by atoms with Crippen LogP contribution in [0.15, 0.2) is 24.3 Å². The van der Waals surface area contributed by atoms with Crippen LogP contribution >= 0.6 is 0 Å². The number of hydrogen-bond acceptors (Lipinski definition) is 4. The van der Waals surface area contributed by atoms with Crippen LogP contribution in [-0.4, -0.2) is 50.1 Å². The van der Waals surface area contributed by atoms with Gasteiger partial charge in [0.15, 0.2) is 5.69 Å². The van der Waals surface area contributed by atoms with Crippen LogP contribution in [0.2, 0.25) is 0 Å². The summed E-state index contributed by atoms with van der Waals surface area (Å²) in [6.45, 7) is 0.658. The normalized spacial score (nSPS) is 18.4. The molecule has 0 atom stereocenters. The summed E-state index contributed by atoms with van der Waals surface area (Å²) < 4.78 is 15.0. The molecule has 1 amide bonds. The predicted octanol–water partition coefficient (Wildman–Crippen LogP) is 1.10.